The maximum Gasteiger partial charge on any atom is 0.258 e. The lowest BCUT2D eigenvalue weighted by atomic mass is 10.1. The molecule has 3 rings (SSSR count). The Kier molecular flexibility index (Phi) is 5.25. The van der Waals surface area contributed by atoms with Gasteiger partial charge >= 0.3 is 0 Å². The number of rotatable bonds is 5. The minimum atomic E-state index is -0.383. The summed E-state index contributed by atoms with van der Waals surface area (Å²) in [4.78, 5) is 18.6. The SMILES string of the molecule is O=C(COc1cccc(F)c1)N[C@@H]1CCCN(c2ccccn2)C1. The first-order chi connectivity index (χ1) is 11.7. The van der Waals surface area contributed by atoms with Crippen LogP contribution in [0.25, 0.3) is 0 Å². The molecule has 5 nitrogen and oxygen atoms in total. The molecule has 1 aromatic carbocycles. The third-order valence-corrected chi connectivity index (χ3v) is 3.93. The molecule has 126 valence electrons. The second kappa shape index (κ2) is 7.77. The number of nitrogens with one attached hydrogen (secondary N) is 1. The summed E-state index contributed by atoms with van der Waals surface area (Å²) in [5.41, 5.74) is 0. The van der Waals surface area contributed by atoms with Gasteiger partial charge in [-0.25, -0.2) is 9.37 Å². The highest BCUT2D eigenvalue weighted by molar-refractivity contribution is 5.78. The Hall–Kier alpha value is -2.63. The van der Waals surface area contributed by atoms with Crippen LogP contribution in [0.1, 0.15) is 12.8 Å². The maximum absolute atomic E-state index is 13.1. The lowest BCUT2D eigenvalue weighted by molar-refractivity contribution is -0.123. The summed E-state index contributed by atoms with van der Waals surface area (Å²) in [7, 11) is 0. The molecule has 0 aliphatic carbocycles. The van der Waals surface area contributed by atoms with Crippen LogP contribution in [0.3, 0.4) is 0 Å². The molecule has 2 heterocycles. The molecule has 0 bridgehead atoms. The van der Waals surface area contributed by atoms with Crippen LogP contribution in [0.4, 0.5) is 10.2 Å². The van der Waals surface area contributed by atoms with Crippen molar-refractivity contribution >= 4 is 11.7 Å². The molecule has 1 aliphatic rings. The average molecular weight is 329 g/mol. The molecule has 1 aliphatic heterocycles. The lowest BCUT2D eigenvalue weighted by Crippen LogP contribution is -2.49. The fourth-order valence-corrected chi connectivity index (χ4v) is 2.82. The van der Waals surface area contributed by atoms with E-state index >= 15 is 0 Å². The van der Waals surface area contributed by atoms with Crippen molar-refractivity contribution in [3.63, 3.8) is 0 Å². The summed E-state index contributed by atoms with van der Waals surface area (Å²) in [6.07, 6.45) is 3.69. The predicted octanol–water partition coefficient (Wildman–Crippen LogP) is 2.38. The van der Waals surface area contributed by atoms with E-state index in [0.29, 0.717) is 5.75 Å². The molecule has 1 N–H and O–H groups in total. The summed E-state index contributed by atoms with van der Waals surface area (Å²) in [6, 6.07) is 11.6. The molecule has 2 aromatic rings. The number of aromatic nitrogens is 1. The van der Waals surface area contributed by atoms with Crippen LogP contribution >= 0.6 is 0 Å². The summed E-state index contributed by atoms with van der Waals surface area (Å²) < 4.78 is 18.4. The van der Waals surface area contributed by atoms with Crippen molar-refractivity contribution in [3.05, 3.63) is 54.5 Å². The lowest BCUT2D eigenvalue weighted by Gasteiger charge is -2.33. The predicted molar refractivity (Wildman–Crippen MR) is 89.5 cm³/mol. The van der Waals surface area contributed by atoms with Gasteiger partial charge in [0.05, 0.1) is 0 Å². The number of halogens is 1. The zero-order chi connectivity index (χ0) is 16.8. The Bertz CT molecular complexity index is 681. The molecule has 0 unspecified atom stereocenters. The number of benzene rings is 1. The topological polar surface area (TPSA) is 54.5 Å². The van der Waals surface area contributed by atoms with Crippen molar-refractivity contribution in [2.45, 2.75) is 18.9 Å². The number of nitrogens with zero attached hydrogens (tertiary/aromatic N) is 2. The number of carbonyl (C=O) groups excluding carboxylic acids is 1. The van der Waals surface area contributed by atoms with E-state index in [2.05, 4.69) is 15.2 Å². The second-order valence-corrected chi connectivity index (χ2v) is 5.79. The minimum Gasteiger partial charge on any atom is -0.484 e. The molecule has 1 atom stereocenters. The van der Waals surface area contributed by atoms with Crippen LogP contribution in [0, 0.1) is 5.82 Å². The van der Waals surface area contributed by atoms with Gasteiger partial charge in [0.15, 0.2) is 6.61 Å². The Morgan fingerprint density at radius 3 is 3.04 bits per heavy atom. The standard InChI is InChI=1S/C18H20FN3O2/c19-14-5-3-7-16(11-14)24-13-18(23)21-15-6-4-10-22(12-15)17-8-1-2-9-20-17/h1-3,5,7-9,11,15H,4,6,10,12-13H2,(H,21,23)/t15-/m1/s1. The van der Waals surface area contributed by atoms with Gasteiger partial charge in [-0.3, -0.25) is 4.79 Å². The Morgan fingerprint density at radius 2 is 2.25 bits per heavy atom. The van der Waals surface area contributed by atoms with Crippen molar-refractivity contribution < 1.29 is 13.9 Å². The van der Waals surface area contributed by atoms with E-state index in [9.17, 15) is 9.18 Å². The fraction of sp³-hybridized carbons (Fsp3) is 0.333. The van der Waals surface area contributed by atoms with E-state index in [1.807, 2.05) is 18.2 Å². The maximum atomic E-state index is 13.1. The van der Waals surface area contributed by atoms with Crippen LogP contribution in [0.15, 0.2) is 48.7 Å². The Labute approximate surface area is 140 Å². The molecule has 0 radical (unpaired) electrons. The van der Waals surface area contributed by atoms with Crippen LogP contribution in [0.2, 0.25) is 0 Å². The molecule has 1 saturated heterocycles. The zero-order valence-electron chi connectivity index (χ0n) is 13.3. The van der Waals surface area contributed by atoms with Crippen LogP contribution < -0.4 is 15.0 Å². The molecule has 0 spiro atoms. The van der Waals surface area contributed by atoms with E-state index in [1.165, 1.54) is 12.1 Å². The quantitative estimate of drug-likeness (QED) is 0.915. The smallest absolute Gasteiger partial charge is 0.258 e. The number of ether oxygens (including phenoxy) is 1. The van der Waals surface area contributed by atoms with Gasteiger partial charge in [-0.1, -0.05) is 12.1 Å². The molecule has 1 aromatic heterocycles. The van der Waals surface area contributed by atoms with Gasteiger partial charge in [0.2, 0.25) is 0 Å². The third-order valence-electron chi connectivity index (χ3n) is 3.93. The fourth-order valence-electron chi connectivity index (χ4n) is 2.82. The number of carbonyl (C=O) groups is 1. The molecule has 6 heteroatoms. The van der Waals surface area contributed by atoms with Crippen molar-refractivity contribution in [2.24, 2.45) is 0 Å². The molecule has 1 amide bonds. The monoisotopic (exact) mass is 329 g/mol. The Morgan fingerprint density at radius 1 is 1.33 bits per heavy atom. The number of piperidine rings is 1. The molecular formula is C18H20FN3O2. The van der Waals surface area contributed by atoms with Gasteiger partial charge in [-0.2, -0.15) is 0 Å². The first kappa shape index (κ1) is 16.2. The number of hydrogen-bond donors (Lipinski definition) is 1. The van der Waals surface area contributed by atoms with Gasteiger partial charge in [0.25, 0.3) is 5.91 Å². The van der Waals surface area contributed by atoms with Gasteiger partial charge in [-0.15, -0.1) is 0 Å². The van der Waals surface area contributed by atoms with Crippen LogP contribution in [-0.2, 0) is 4.79 Å². The van der Waals surface area contributed by atoms with Crippen LogP contribution in [0.5, 0.6) is 5.75 Å². The number of hydrogen-bond acceptors (Lipinski definition) is 4. The van der Waals surface area contributed by atoms with Crippen molar-refractivity contribution in [2.75, 3.05) is 24.6 Å². The highest BCUT2D eigenvalue weighted by Gasteiger charge is 2.22. The van der Waals surface area contributed by atoms with E-state index < -0.39 is 0 Å². The summed E-state index contributed by atoms with van der Waals surface area (Å²) in [5, 5.41) is 2.98. The van der Waals surface area contributed by atoms with Gasteiger partial charge in [-0.05, 0) is 37.1 Å². The molecular weight excluding hydrogens is 309 g/mol. The van der Waals surface area contributed by atoms with E-state index in [4.69, 9.17) is 4.74 Å². The zero-order valence-corrected chi connectivity index (χ0v) is 13.3. The third kappa shape index (κ3) is 4.44. The van der Waals surface area contributed by atoms with Crippen molar-refractivity contribution in [1.82, 2.24) is 10.3 Å². The van der Waals surface area contributed by atoms with E-state index in [0.717, 1.165) is 31.7 Å². The van der Waals surface area contributed by atoms with Gasteiger partial charge in [0.1, 0.15) is 17.4 Å². The molecule has 24 heavy (non-hydrogen) atoms. The number of amides is 1. The largest absolute Gasteiger partial charge is 0.484 e. The summed E-state index contributed by atoms with van der Waals surface area (Å²) >= 11 is 0. The van der Waals surface area contributed by atoms with Gasteiger partial charge < -0.3 is 15.0 Å². The van der Waals surface area contributed by atoms with Crippen LogP contribution in [-0.4, -0.2) is 36.6 Å². The number of anilines is 1. The first-order valence-corrected chi connectivity index (χ1v) is 8.04. The average Bonchev–Trinajstić information content (AvgIpc) is 2.61. The molecule has 1 fully saturated rings. The number of pyridine rings is 1. The van der Waals surface area contributed by atoms with Crippen molar-refractivity contribution in [3.8, 4) is 5.75 Å². The second-order valence-electron chi connectivity index (χ2n) is 5.79. The first-order valence-electron chi connectivity index (χ1n) is 8.04. The van der Waals surface area contributed by atoms with E-state index in [1.54, 1.807) is 18.3 Å². The van der Waals surface area contributed by atoms with Gasteiger partial charge in [0, 0.05) is 31.4 Å². The normalized spacial score (nSPS) is 17.4. The highest BCUT2D eigenvalue weighted by Crippen LogP contribution is 2.17. The molecule has 0 saturated carbocycles. The summed E-state index contributed by atoms with van der Waals surface area (Å²) in [6.45, 7) is 1.54. The minimum absolute atomic E-state index is 0.0596. The highest BCUT2D eigenvalue weighted by atomic mass is 19.1. The summed E-state index contributed by atoms with van der Waals surface area (Å²) in [5.74, 6) is 0.690. The van der Waals surface area contributed by atoms with Crippen molar-refractivity contribution in [1.29, 1.82) is 0 Å². The van der Waals surface area contributed by atoms with E-state index in [-0.39, 0.29) is 24.4 Å². The Balaban J connectivity index is 1.49.